The van der Waals surface area contributed by atoms with Crippen molar-refractivity contribution >= 4 is 23.7 Å². The highest BCUT2D eigenvalue weighted by atomic mass is 32.2. The number of amides is 1. The second kappa shape index (κ2) is 6.11. The molecule has 1 aromatic rings. The minimum absolute atomic E-state index is 0.0391. The van der Waals surface area contributed by atoms with Gasteiger partial charge in [-0.25, -0.2) is 0 Å². The SMILES string of the molecule is CSC1COCN(C(=O)C=Cc2ccc(C)o2)C1. The average Bonchev–Trinajstić information content (AvgIpc) is 2.82. The van der Waals surface area contributed by atoms with Crippen molar-refractivity contribution in [1.82, 2.24) is 4.90 Å². The molecule has 0 aromatic carbocycles. The summed E-state index contributed by atoms with van der Waals surface area (Å²) in [6.45, 7) is 3.70. The van der Waals surface area contributed by atoms with Gasteiger partial charge >= 0.3 is 0 Å². The topological polar surface area (TPSA) is 42.7 Å². The lowest BCUT2D eigenvalue weighted by molar-refractivity contribution is -0.134. The van der Waals surface area contributed by atoms with Crippen LogP contribution in [0.5, 0.6) is 0 Å². The normalized spacial score (nSPS) is 20.6. The molecule has 1 saturated heterocycles. The molecule has 1 amide bonds. The molecule has 1 aromatic heterocycles. The molecule has 98 valence electrons. The fourth-order valence-corrected chi connectivity index (χ4v) is 2.30. The van der Waals surface area contributed by atoms with Crippen molar-refractivity contribution in [3.63, 3.8) is 0 Å². The maximum atomic E-state index is 11.9. The molecule has 1 fully saturated rings. The van der Waals surface area contributed by atoms with Crippen molar-refractivity contribution in [2.75, 3.05) is 26.1 Å². The molecule has 4 nitrogen and oxygen atoms in total. The Balaban J connectivity index is 1.93. The van der Waals surface area contributed by atoms with Gasteiger partial charge in [0.25, 0.3) is 0 Å². The number of aryl methyl sites for hydroxylation is 1. The van der Waals surface area contributed by atoms with Crippen LogP contribution in [0.15, 0.2) is 22.6 Å². The summed E-state index contributed by atoms with van der Waals surface area (Å²) < 4.78 is 10.8. The molecule has 1 aliphatic heterocycles. The Morgan fingerprint density at radius 1 is 1.56 bits per heavy atom. The number of hydrogen-bond donors (Lipinski definition) is 0. The van der Waals surface area contributed by atoms with Crippen LogP contribution < -0.4 is 0 Å². The number of carbonyl (C=O) groups is 1. The van der Waals surface area contributed by atoms with Crippen molar-refractivity contribution in [2.45, 2.75) is 12.2 Å². The van der Waals surface area contributed by atoms with Crippen LogP contribution in [0.25, 0.3) is 6.08 Å². The zero-order valence-corrected chi connectivity index (χ0v) is 11.4. The Hall–Kier alpha value is -1.20. The van der Waals surface area contributed by atoms with E-state index < -0.39 is 0 Å². The van der Waals surface area contributed by atoms with Gasteiger partial charge in [-0.15, -0.1) is 0 Å². The van der Waals surface area contributed by atoms with Crippen LogP contribution in [0, 0.1) is 6.92 Å². The van der Waals surface area contributed by atoms with E-state index in [1.54, 1.807) is 22.7 Å². The van der Waals surface area contributed by atoms with Gasteiger partial charge in [0, 0.05) is 17.9 Å². The Morgan fingerprint density at radius 3 is 3.06 bits per heavy atom. The summed E-state index contributed by atoms with van der Waals surface area (Å²) in [7, 11) is 0. The van der Waals surface area contributed by atoms with Crippen LogP contribution in [0.2, 0.25) is 0 Å². The second-order valence-electron chi connectivity index (χ2n) is 4.20. The summed E-state index contributed by atoms with van der Waals surface area (Å²) in [5.74, 6) is 1.49. The van der Waals surface area contributed by atoms with Crippen LogP contribution in [0.1, 0.15) is 11.5 Å². The molecule has 0 N–H and O–H groups in total. The highest BCUT2D eigenvalue weighted by Crippen LogP contribution is 2.15. The zero-order chi connectivity index (χ0) is 13.0. The van der Waals surface area contributed by atoms with Gasteiger partial charge in [0.15, 0.2) is 0 Å². The van der Waals surface area contributed by atoms with Crippen molar-refractivity contribution in [3.8, 4) is 0 Å². The van der Waals surface area contributed by atoms with Crippen LogP contribution in [0.4, 0.5) is 0 Å². The van der Waals surface area contributed by atoms with E-state index in [4.69, 9.17) is 9.15 Å². The number of rotatable bonds is 3. The summed E-state index contributed by atoms with van der Waals surface area (Å²) in [6.07, 6.45) is 5.26. The van der Waals surface area contributed by atoms with Crippen LogP contribution in [-0.4, -0.2) is 42.2 Å². The predicted molar refractivity (Wildman–Crippen MR) is 72.3 cm³/mol. The molecule has 18 heavy (non-hydrogen) atoms. The highest BCUT2D eigenvalue weighted by molar-refractivity contribution is 7.99. The van der Waals surface area contributed by atoms with Crippen molar-refractivity contribution in [2.24, 2.45) is 0 Å². The third kappa shape index (κ3) is 3.40. The lowest BCUT2D eigenvalue weighted by Crippen LogP contribution is -2.43. The molecule has 0 spiro atoms. The Kier molecular flexibility index (Phi) is 4.49. The molecule has 1 unspecified atom stereocenters. The summed E-state index contributed by atoms with van der Waals surface area (Å²) in [6, 6.07) is 3.72. The first-order valence-electron chi connectivity index (χ1n) is 5.83. The maximum Gasteiger partial charge on any atom is 0.248 e. The first kappa shape index (κ1) is 13.2. The largest absolute Gasteiger partial charge is 0.462 e. The molecule has 2 rings (SSSR count). The van der Waals surface area contributed by atoms with Gasteiger partial charge in [-0.2, -0.15) is 11.8 Å². The first-order valence-corrected chi connectivity index (χ1v) is 7.12. The van der Waals surface area contributed by atoms with E-state index in [1.807, 2.05) is 25.3 Å². The quantitative estimate of drug-likeness (QED) is 0.787. The Labute approximate surface area is 111 Å². The first-order chi connectivity index (χ1) is 8.69. The van der Waals surface area contributed by atoms with E-state index in [-0.39, 0.29) is 5.91 Å². The molecule has 0 saturated carbocycles. The van der Waals surface area contributed by atoms with Gasteiger partial charge < -0.3 is 14.1 Å². The fraction of sp³-hybridized carbons (Fsp3) is 0.462. The molecule has 0 aliphatic carbocycles. The summed E-state index contributed by atoms with van der Waals surface area (Å²) in [4.78, 5) is 13.7. The molecule has 1 aliphatic rings. The van der Waals surface area contributed by atoms with E-state index in [0.717, 1.165) is 12.3 Å². The van der Waals surface area contributed by atoms with E-state index in [9.17, 15) is 4.79 Å². The summed E-state index contributed by atoms with van der Waals surface area (Å²) in [5.41, 5.74) is 0. The molecule has 1 atom stereocenters. The number of ether oxygens (including phenoxy) is 1. The second-order valence-corrected chi connectivity index (χ2v) is 5.34. The fourth-order valence-electron chi connectivity index (χ4n) is 1.74. The number of nitrogens with zero attached hydrogens (tertiary/aromatic N) is 1. The molecule has 5 heteroatoms. The summed E-state index contributed by atoms with van der Waals surface area (Å²) >= 11 is 1.72. The maximum absolute atomic E-state index is 11.9. The van der Waals surface area contributed by atoms with Gasteiger partial charge in [0.2, 0.25) is 5.91 Å². The molecular formula is C13H17NO3S. The van der Waals surface area contributed by atoms with E-state index in [2.05, 4.69) is 0 Å². The van der Waals surface area contributed by atoms with Gasteiger partial charge in [-0.3, -0.25) is 4.79 Å². The minimum atomic E-state index is -0.0391. The van der Waals surface area contributed by atoms with Gasteiger partial charge in [-0.1, -0.05) is 0 Å². The Bertz CT molecular complexity index is 441. The monoisotopic (exact) mass is 267 g/mol. The van der Waals surface area contributed by atoms with E-state index >= 15 is 0 Å². The van der Waals surface area contributed by atoms with Crippen molar-refractivity contribution in [1.29, 1.82) is 0 Å². The predicted octanol–water partition coefficient (Wildman–Crippen LogP) is 2.15. The average molecular weight is 267 g/mol. The molecule has 2 heterocycles. The highest BCUT2D eigenvalue weighted by Gasteiger charge is 2.22. The minimum Gasteiger partial charge on any atom is -0.462 e. The molecular weight excluding hydrogens is 250 g/mol. The third-order valence-corrected chi connectivity index (χ3v) is 3.72. The third-order valence-electron chi connectivity index (χ3n) is 2.77. The van der Waals surface area contributed by atoms with Crippen LogP contribution >= 0.6 is 11.8 Å². The van der Waals surface area contributed by atoms with Gasteiger partial charge in [0.1, 0.15) is 18.3 Å². The lowest BCUT2D eigenvalue weighted by Gasteiger charge is -2.30. The standard InChI is InChI=1S/C13H17NO3S/c1-10-3-4-11(17-10)5-6-13(15)14-7-12(18-2)8-16-9-14/h3-6,12H,7-9H2,1-2H3. The van der Waals surface area contributed by atoms with Crippen molar-refractivity contribution in [3.05, 3.63) is 29.7 Å². The zero-order valence-electron chi connectivity index (χ0n) is 10.6. The van der Waals surface area contributed by atoms with Gasteiger partial charge in [0.05, 0.1) is 6.61 Å². The van der Waals surface area contributed by atoms with Crippen LogP contribution in [0.3, 0.4) is 0 Å². The lowest BCUT2D eigenvalue weighted by atomic mass is 10.3. The van der Waals surface area contributed by atoms with Crippen molar-refractivity contribution < 1.29 is 13.9 Å². The van der Waals surface area contributed by atoms with E-state index in [1.165, 1.54) is 6.08 Å². The number of furan rings is 1. The Morgan fingerprint density at radius 2 is 2.39 bits per heavy atom. The number of carbonyl (C=O) groups excluding carboxylic acids is 1. The molecule has 0 radical (unpaired) electrons. The van der Waals surface area contributed by atoms with E-state index in [0.29, 0.717) is 24.3 Å². The number of thioether (sulfide) groups is 1. The summed E-state index contributed by atoms with van der Waals surface area (Å²) in [5, 5.41) is 0.363. The van der Waals surface area contributed by atoms with Crippen LogP contribution in [-0.2, 0) is 9.53 Å². The smallest absolute Gasteiger partial charge is 0.248 e. The number of hydrogen-bond acceptors (Lipinski definition) is 4. The molecule has 0 bridgehead atoms. The van der Waals surface area contributed by atoms with Gasteiger partial charge in [-0.05, 0) is 31.4 Å².